The molecule has 0 aliphatic carbocycles. The molecular formula is C29H39Cl2F2N5O2. The molecule has 0 unspecified atom stereocenters. The summed E-state index contributed by atoms with van der Waals surface area (Å²) in [4.78, 5) is 36.8. The Balaban J connectivity index is 0.00000220. The van der Waals surface area contributed by atoms with Gasteiger partial charge in [0.2, 0.25) is 11.8 Å². The zero-order valence-corrected chi connectivity index (χ0v) is 25.1. The van der Waals surface area contributed by atoms with Crippen LogP contribution in [0.4, 0.5) is 14.5 Å². The quantitative estimate of drug-likeness (QED) is 0.546. The van der Waals surface area contributed by atoms with Crippen LogP contribution in [0.15, 0.2) is 30.5 Å². The SMILES string of the molecule is C[C@H]1CC(=O)N(C[C@H]2CN[C@H](C)CN2CC(=O)N2CC(C)(C)c3cnc(Cc4ccc(F)cc4F)cc32)C1.Cl.Cl. The first kappa shape index (κ1) is 32.2. The molecule has 0 radical (unpaired) electrons. The molecular weight excluding hydrogens is 559 g/mol. The number of aromatic nitrogens is 1. The van der Waals surface area contributed by atoms with E-state index in [0.29, 0.717) is 36.7 Å². The van der Waals surface area contributed by atoms with Gasteiger partial charge in [-0.3, -0.25) is 19.5 Å². The Kier molecular flexibility index (Phi) is 10.2. The van der Waals surface area contributed by atoms with Crippen LogP contribution in [0, 0.1) is 17.6 Å². The number of hydrogen-bond acceptors (Lipinski definition) is 5. The van der Waals surface area contributed by atoms with Crippen molar-refractivity contribution >= 4 is 42.3 Å². The molecule has 2 amide bonds. The Morgan fingerprint density at radius 3 is 2.58 bits per heavy atom. The first-order valence-electron chi connectivity index (χ1n) is 13.5. The normalized spacial score (nSPS) is 23.9. The van der Waals surface area contributed by atoms with Gasteiger partial charge in [0.25, 0.3) is 0 Å². The van der Waals surface area contributed by atoms with Gasteiger partial charge in [-0.2, -0.15) is 0 Å². The molecule has 3 atom stereocenters. The van der Waals surface area contributed by atoms with E-state index in [-0.39, 0.29) is 67.1 Å². The standard InChI is InChI=1S/C29H37F2N5O2.2ClH/c1-18-7-27(37)35(13-18)15-23-11-32-19(2)14-34(23)16-28(38)36-17-29(3,4)24-12-33-22(10-26(24)36)8-20-5-6-21(30)9-25(20)31;;/h5-6,9-10,12,18-19,23,32H,7-8,11,13-17H2,1-4H3;2*1H/t18-,19+,23+;;/m0../s1. The van der Waals surface area contributed by atoms with Gasteiger partial charge < -0.3 is 15.1 Å². The van der Waals surface area contributed by atoms with Crippen molar-refractivity contribution in [3.8, 4) is 0 Å². The fourth-order valence-corrected chi connectivity index (χ4v) is 6.04. The molecule has 7 nitrogen and oxygen atoms in total. The second-order valence-corrected chi connectivity index (χ2v) is 12.0. The number of carbonyl (C=O) groups excluding carboxylic acids is 2. The van der Waals surface area contributed by atoms with Crippen molar-refractivity contribution < 1.29 is 18.4 Å². The number of carbonyl (C=O) groups is 2. The lowest BCUT2D eigenvalue weighted by molar-refractivity contribution is -0.128. The zero-order chi connectivity index (χ0) is 27.2. The number of rotatable bonds is 6. The van der Waals surface area contributed by atoms with E-state index in [1.165, 1.54) is 12.1 Å². The highest BCUT2D eigenvalue weighted by Gasteiger charge is 2.40. The summed E-state index contributed by atoms with van der Waals surface area (Å²) in [6.45, 7) is 12.0. The zero-order valence-electron chi connectivity index (χ0n) is 23.5. The minimum atomic E-state index is -0.615. The molecule has 220 valence electrons. The lowest BCUT2D eigenvalue weighted by Crippen LogP contribution is -2.61. The average Bonchev–Trinajstić information content (AvgIpc) is 3.31. The van der Waals surface area contributed by atoms with Crippen LogP contribution in [-0.2, 0) is 21.4 Å². The van der Waals surface area contributed by atoms with Gasteiger partial charge in [0, 0.05) is 86.6 Å². The minimum Gasteiger partial charge on any atom is -0.341 e. The van der Waals surface area contributed by atoms with E-state index in [4.69, 9.17) is 0 Å². The average molecular weight is 599 g/mol. The smallest absolute Gasteiger partial charge is 0.241 e. The fourth-order valence-electron chi connectivity index (χ4n) is 6.04. The monoisotopic (exact) mass is 597 g/mol. The first-order valence-corrected chi connectivity index (χ1v) is 13.5. The van der Waals surface area contributed by atoms with Crippen LogP contribution in [0.3, 0.4) is 0 Å². The largest absolute Gasteiger partial charge is 0.341 e. The lowest BCUT2D eigenvalue weighted by atomic mass is 9.88. The van der Waals surface area contributed by atoms with Crippen LogP contribution < -0.4 is 10.2 Å². The van der Waals surface area contributed by atoms with E-state index in [2.05, 4.69) is 42.9 Å². The number of anilines is 1. The predicted octanol–water partition coefficient (Wildman–Crippen LogP) is 3.95. The van der Waals surface area contributed by atoms with Crippen LogP contribution in [0.1, 0.15) is 50.9 Å². The molecule has 40 heavy (non-hydrogen) atoms. The summed E-state index contributed by atoms with van der Waals surface area (Å²) < 4.78 is 27.6. The Morgan fingerprint density at radius 2 is 1.90 bits per heavy atom. The molecule has 0 bridgehead atoms. The molecule has 1 aromatic carbocycles. The third-order valence-electron chi connectivity index (χ3n) is 8.10. The highest BCUT2D eigenvalue weighted by atomic mass is 35.5. The number of halogens is 4. The molecule has 4 heterocycles. The van der Waals surface area contributed by atoms with Gasteiger partial charge in [-0.15, -0.1) is 24.8 Å². The number of amides is 2. The van der Waals surface area contributed by atoms with Gasteiger partial charge in [0.05, 0.1) is 12.2 Å². The summed E-state index contributed by atoms with van der Waals surface area (Å²) in [6, 6.07) is 5.73. The maximum atomic E-state index is 14.3. The number of benzene rings is 1. The summed E-state index contributed by atoms with van der Waals surface area (Å²) in [5, 5.41) is 3.51. The topological polar surface area (TPSA) is 68.8 Å². The van der Waals surface area contributed by atoms with E-state index in [1.54, 1.807) is 6.20 Å². The summed E-state index contributed by atoms with van der Waals surface area (Å²) in [5.74, 6) is -0.666. The van der Waals surface area contributed by atoms with Gasteiger partial charge in [-0.25, -0.2) is 8.78 Å². The number of likely N-dealkylation sites (tertiary alicyclic amines) is 1. The van der Waals surface area contributed by atoms with Crippen LogP contribution in [0.2, 0.25) is 0 Å². The molecule has 11 heteroatoms. The highest BCUT2D eigenvalue weighted by Crippen LogP contribution is 2.40. The van der Waals surface area contributed by atoms with Gasteiger partial charge >= 0.3 is 0 Å². The van der Waals surface area contributed by atoms with Gasteiger partial charge in [0.15, 0.2) is 0 Å². The second-order valence-electron chi connectivity index (χ2n) is 12.0. The summed E-state index contributed by atoms with van der Waals surface area (Å²) >= 11 is 0. The summed E-state index contributed by atoms with van der Waals surface area (Å²) in [5.41, 5.74) is 2.50. The number of pyridine rings is 1. The third-order valence-corrected chi connectivity index (χ3v) is 8.10. The fraction of sp³-hybridized carbons (Fsp3) is 0.552. The molecule has 2 fully saturated rings. The minimum absolute atomic E-state index is 0. The van der Waals surface area contributed by atoms with Crippen molar-refractivity contribution in [2.24, 2.45) is 5.92 Å². The van der Waals surface area contributed by atoms with Crippen molar-refractivity contribution in [3.05, 3.63) is 58.9 Å². The third kappa shape index (κ3) is 6.75. The van der Waals surface area contributed by atoms with Crippen molar-refractivity contribution in [2.45, 2.75) is 58.0 Å². The number of hydrogen-bond donors (Lipinski definition) is 1. The number of nitrogens with zero attached hydrogens (tertiary/aromatic N) is 4. The Bertz CT molecular complexity index is 1250. The van der Waals surface area contributed by atoms with Gasteiger partial charge in [0.1, 0.15) is 11.6 Å². The molecule has 0 spiro atoms. The molecule has 1 N–H and O–H groups in total. The van der Waals surface area contributed by atoms with E-state index in [0.717, 1.165) is 37.0 Å². The molecule has 2 saturated heterocycles. The molecule has 2 aromatic rings. The van der Waals surface area contributed by atoms with Crippen molar-refractivity contribution in [1.29, 1.82) is 0 Å². The van der Waals surface area contributed by atoms with Crippen molar-refractivity contribution in [1.82, 2.24) is 20.1 Å². The Hall–Kier alpha value is -2.33. The number of nitrogens with one attached hydrogen (secondary N) is 1. The van der Waals surface area contributed by atoms with Crippen LogP contribution in [0.25, 0.3) is 0 Å². The number of piperazine rings is 1. The van der Waals surface area contributed by atoms with E-state index in [9.17, 15) is 18.4 Å². The van der Waals surface area contributed by atoms with Crippen molar-refractivity contribution in [2.75, 3.05) is 44.2 Å². The van der Waals surface area contributed by atoms with Crippen LogP contribution in [0.5, 0.6) is 0 Å². The molecule has 1 aromatic heterocycles. The second kappa shape index (κ2) is 12.7. The van der Waals surface area contributed by atoms with E-state index < -0.39 is 11.6 Å². The van der Waals surface area contributed by atoms with E-state index in [1.807, 2.05) is 15.9 Å². The summed E-state index contributed by atoms with van der Waals surface area (Å²) in [6.07, 6.45) is 2.59. The predicted molar refractivity (Wildman–Crippen MR) is 156 cm³/mol. The maximum absolute atomic E-state index is 14.3. The molecule has 5 rings (SSSR count). The lowest BCUT2D eigenvalue weighted by Gasteiger charge is -2.41. The molecule has 0 saturated carbocycles. The maximum Gasteiger partial charge on any atom is 0.241 e. The Labute approximate surface area is 247 Å². The van der Waals surface area contributed by atoms with Crippen molar-refractivity contribution in [3.63, 3.8) is 0 Å². The Morgan fingerprint density at radius 1 is 1.15 bits per heavy atom. The molecule has 3 aliphatic heterocycles. The van der Waals surface area contributed by atoms with Crippen LogP contribution >= 0.6 is 24.8 Å². The summed E-state index contributed by atoms with van der Waals surface area (Å²) in [7, 11) is 0. The van der Waals surface area contributed by atoms with Gasteiger partial charge in [-0.05, 0) is 30.5 Å². The van der Waals surface area contributed by atoms with E-state index >= 15 is 0 Å². The molecule has 3 aliphatic rings. The van der Waals surface area contributed by atoms with Crippen LogP contribution in [-0.4, -0.2) is 78.0 Å². The first-order chi connectivity index (χ1) is 18.0. The van der Waals surface area contributed by atoms with Gasteiger partial charge in [-0.1, -0.05) is 26.8 Å². The highest BCUT2D eigenvalue weighted by molar-refractivity contribution is 5.97. The number of fused-ring (bicyclic) bond motifs is 1.